The predicted molar refractivity (Wildman–Crippen MR) is 119 cm³/mol. The number of alkyl halides is 2. The van der Waals surface area contributed by atoms with Crippen molar-refractivity contribution in [2.75, 3.05) is 18.4 Å². The van der Waals surface area contributed by atoms with Gasteiger partial charge in [-0.15, -0.1) is 0 Å². The van der Waals surface area contributed by atoms with Crippen LogP contribution in [0.3, 0.4) is 0 Å². The van der Waals surface area contributed by atoms with Crippen LogP contribution >= 0.6 is 0 Å². The molecule has 3 aromatic rings. The maximum Gasteiger partial charge on any atom is 0.267 e. The summed E-state index contributed by atoms with van der Waals surface area (Å²) in [6, 6.07) is 14.1. The van der Waals surface area contributed by atoms with Crippen molar-refractivity contribution in [3.05, 3.63) is 71.9 Å². The molecular weight excluding hydrogens is 430 g/mol. The number of benzene rings is 2. The van der Waals surface area contributed by atoms with Crippen LogP contribution in [-0.2, 0) is 9.59 Å². The van der Waals surface area contributed by atoms with Gasteiger partial charge in [0.15, 0.2) is 0 Å². The highest BCUT2D eigenvalue weighted by Gasteiger charge is 2.49. The third-order valence-electron chi connectivity index (χ3n) is 5.51. The minimum atomic E-state index is -3.20. The largest absolute Gasteiger partial charge is 0.343 e. The predicted octanol–water partition coefficient (Wildman–Crippen LogP) is 3.15. The second-order valence-electron chi connectivity index (χ2n) is 8.01. The van der Waals surface area contributed by atoms with Gasteiger partial charge in [-0.3, -0.25) is 19.4 Å². The second-order valence-corrected chi connectivity index (χ2v) is 8.01. The Morgan fingerprint density at radius 2 is 1.82 bits per heavy atom. The minimum Gasteiger partial charge on any atom is -0.343 e. The molecule has 2 aromatic carbocycles. The van der Waals surface area contributed by atoms with Crippen LogP contribution in [0.2, 0.25) is 0 Å². The van der Waals surface area contributed by atoms with Gasteiger partial charge in [0.2, 0.25) is 11.8 Å². The zero-order valence-electron chi connectivity index (χ0n) is 17.8. The van der Waals surface area contributed by atoms with E-state index in [2.05, 4.69) is 15.6 Å². The Hall–Kier alpha value is -3.88. The van der Waals surface area contributed by atoms with E-state index in [0.717, 1.165) is 10.5 Å². The van der Waals surface area contributed by atoms with Crippen molar-refractivity contribution in [3.63, 3.8) is 0 Å². The van der Waals surface area contributed by atoms with Crippen LogP contribution in [0.25, 0.3) is 10.9 Å². The number of likely N-dealkylation sites (tertiary alicyclic amines) is 1. The van der Waals surface area contributed by atoms with E-state index >= 15 is 0 Å². The fourth-order valence-electron chi connectivity index (χ4n) is 3.82. The second kappa shape index (κ2) is 8.93. The van der Waals surface area contributed by atoms with E-state index in [-0.39, 0.29) is 0 Å². The number of hydrogen-bond acceptors (Lipinski definition) is 4. The van der Waals surface area contributed by atoms with Gasteiger partial charge in [0.25, 0.3) is 11.8 Å². The lowest BCUT2D eigenvalue weighted by molar-refractivity contribution is -0.136. The number of amides is 3. The highest BCUT2D eigenvalue weighted by Crippen LogP contribution is 2.32. The number of carbonyl (C=O) groups is 3. The van der Waals surface area contributed by atoms with Gasteiger partial charge in [-0.2, -0.15) is 0 Å². The summed E-state index contributed by atoms with van der Waals surface area (Å²) in [6.07, 6.45) is 0.699. The fraction of sp³-hybridized carbons (Fsp3) is 0.250. The lowest BCUT2D eigenvalue weighted by Gasteiger charge is -2.23. The Kier molecular flexibility index (Phi) is 6.04. The number of rotatable bonds is 5. The Labute approximate surface area is 188 Å². The third-order valence-corrected chi connectivity index (χ3v) is 5.51. The molecule has 4 rings (SSSR count). The first kappa shape index (κ1) is 22.3. The molecule has 9 heteroatoms. The summed E-state index contributed by atoms with van der Waals surface area (Å²) < 4.78 is 28.3. The highest BCUT2D eigenvalue weighted by atomic mass is 19.3. The molecule has 1 fully saturated rings. The number of pyridine rings is 1. The molecule has 1 aliphatic heterocycles. The first-order valence-corrected chi connectivity index (χ1v) is 10.4. The Balaban J connectivity index is 1.44. The van der Waals surface area contributed by atoms with Gasteiger partial charge in [-0.1, -0.05) is 35.9 Å². The van der Waals surface area contributed by atoms with E-state index in [0.29, 0.717) is 22.2 Å². The van der Waals surface area contributed by atoms with E-state index in [4.69, 9.17) is 0 Å². The van der Waals surface area contributed by atoms with Gasteiger partial charge in [0.1, 0.15) is 6.04 Å². The van der Waals surface area contributed by atoms with Gasteiger partial charge in [0, 0.05) is 23.7 Å². The monoisotopic (exact) mass is 452 g/mol. The molecule has 0 radical (unpaired) electrons. The van der Waals surface area contributed by atoms with E-state index in [1.54, 1.807) is 48.5 Å². The van der Waals surface area contributed by atoms with E-state index in [1.165, 1.54) is 12.3 Å². The summed E-state index contributed by atoms with van der Waals surface area (Å²) >= 11 is 0. The number of anilines is 1. The SMILES string of the molecule is Cc1ccc(NC(=O)C2CC(F)(F)CN2C(=O)CNC(=O)c2ccnc3ccccc23)cc1. The van der Waals surface area contributed by atoms with Crippen LogP contribution in [0.1, 0.15) is 22.3 Å². The van der Waals surface area contributed by atoms with Crippen LogP contribution in [0.15, 0.2) is 60.8 Å². The molecule has 1 unspecified atom stereocenters. The average Bonchev–Trinajstić information content (AvgIpc) is 3.14. The van der Waals surface area contributed by atoms with Gasteiger partial charge in [-0.05, 0) is 31.2 Å². The number of fused-ring (bicyclic) bond motifs is 1. The molecule has 3 amide bonds. The maximum atomic E-state index is 14.1. The lowest BCUT2D eigenvalue weighted by atomic mass is 10.1. The maximum absolute atomic E-state index is 14.1. The van der Waals surface area contributed by atoms with Crippen molar-refractivity contribution in [3.8, 4) is 0 Å². The molecule has 0 bridgehead atoms. The molecule has 7 nitrogen and oxygen atoms in total. The van der Waals surface area contributed by atoms with E-state index in [1.807, 2.05) is 6.92 Å². The Bertz CT molecular complexity index is 1210. The van der Waals surface area contributed by atoms with Crippen LogP contribution in [0.5, 0.6) is 0 Å². The molecule has 2 N–H and O–H groups in total. The van der Waals surface area contributed by atoms with Crippen molar-refractivity contribution >= 4 is 34.3 Å². The number of carbonyl (C=O) groups excluding carboxylic acids is 3. The highest BCUT2D eigenvalue weighted by molar-refractivity contribution is 6.07. The number of aryl methyl sites for hydroxylation is 1. The van der Waals surface area contributed by atoms with Crippen molar-refractivity contribution < 1.29 is 23.2 Å². The summed E-state index contributed by atoms with van der Waals surface area (Å²) in [5.41, 5.74) is 2.36. The molecular formula is C24H22F2N4O3. The zero-order chi connectivity index (χ0) is 23.6. The Morgan fingerprint density at radius 1 is 1.09 bits per heavy atom. The van der Waals surface area contributed by atoms with Crippen LogP contribution in [-0.4, -0.2) is 52.7 Å². The lowest BCUT2D eigenvalue weighted by Crippen LogP contribution is -2.47. The smallest absolute Gasteiger partial charge is 0.267 e. The number of aromatic nitrogens is 1. The molecule has 0 aliphatic carbocycles. The fourth-order valence-corrected chi connectivity index (χ4v) is 3.82. The summed E-state index contributed by atoms with van der Waals surface area (Å²) in [4.78, 5) is 43.1. The number of para-hydroxylation sites is 1. The van der Waals surface area contributed by atoms with Crippen LogP contribution < -0.4 is 10.6 Å². The Morgan fingerprint density at radius 3 is 2.58 bits per heavy atom. The first-order chi connectivity index (χ1) is 15.7. The van der Waals surface area contributed by atoms with Crippen LogP contribution in [0.4, 0.5) is 14.5 Å². The number of nitrogens with one attached hydrogen (secondary N) is 2. The molecule has 0 spiro atoms. The average molecular weight is 452 g/mol. The van der Waals surface area contributed by atoms with Crippen molar-refractivity contribution in [2.45, 2.75) is 25.3 Å². The molecule has 1 aromatic heterocycles. The van der Waals surface area contributed by atoms with Gasteiger partial charge in [0.05, 0.1) is 24.2 Å². The molecule has 1 atom stereocenters. The van der Waals surface area contributed by atoms with Crippen molar-refractivity contribution in [2.24, 2.45) is 0 Å². The molecule has 0 saturated carbocycles. The molecule has 170 valence electrons. The van der Waals surface area contributed by atoms with Crippen LogP contribution in [0, 0.1) is 6.92 Å². The number of hydrogen-bond donors (Lipinski definition) is 2. The topological polar surface area (TPSA) is 91.4 Å². The number of halogens is 2. The molecule has 33 heavy (non-hydrogen) atoms. The first-order valence-electron chi connectivity index (χ1n) is 10.4. The quantitative estimate of drug-likeness (QED) is 0.622. The van der Waals surface area contributed by atoms with Gasteiger partial charge in [-0.25, -0.2) is 8.78 Å². The van der Waals surface area contributed by atoms with E-state index < -0.39 is 49.2 Å². The number of nitrogens with zero attached hydrogens (tertiary/aromatic N) is 2. The van der Waals surface area contributed by atoms with Gasteiger partial charge >= 0.3 is 0 Å². The minimum absolute atomic E-state index is 0.314. The molecule has 1 saturated heterocycles. The summed E-state index contributed by atoms with van der Waals surface area (Å²) in [7, 11) is 0. The van der Waals surface area contributed by atoms with Crippen molar-refractivity contribution in [1.29, 1.82) is 0 Å². The standard InChI is InChI=1S/C24H22F2N4O3/c1-15-6-8-16(9-7-15)29-23(33)20-12-24(25,26)14-30(20)21(31)13-28-22(32)18-10-11-27-19-5-3-2-4-17(18)19/h2-11,20H,12-14H2,1H3,(H,28,32)(H,29,33). The normalized spacial score (nSPS) is 17.1. The third kappa shape index (κ3) is 4.97. The molecule has 2 heterocycles. The van der Waals surface area contributed by atoms with Gasteiger partial charge < -0.3 is 15.5 Å². The summed E-state index contributed by atoms with van der Waals surface area (Å²) in [6.45, 7) is 0.484. The zero-order valence-corrected chi connectivity index (χ0v) is 17.8. The summed E-state index contributed by atoms with van der Waals surface area (Å²) in [5, 5.41) is 5.66. The van der Waals surface area contributed by atoms with Crippen molar-refractivity contribution in [1.82, 2.24) is 15.2 Å². The molecule has 1 aliphatic rings. The van der Waals surface area contributed by atoms with E-state index in [9.17, 15) is 23.2 Å². The summed E-state index contributed by atoms with van der Waals surface area (Å²) in [5.74, 6) is -5.19.